The number of amides is 1. The lowest BCUT2D eigenvalue weighted by Crippen LogP contribution is -2.41. The van der Waals surface area contributed by atoms with Crippen LogP contribution in [0.3, 0.4) is 0 Å². The molecule has 146 valence electrons. The van der Waals surface area contributed by atoms with E-state index in [0.29, 0.717) is 12.6 Å². The summed E-state index contributed by atoms with van der Waals surface area (Å²) < 4.78 is 38.7. The number of hydrogen-bond donors (Lipinski definition) is 1. The van der Waals surface area contributed by atoms with E-state index in [1.165, 1.54) is 38.4 Å². The van der Waals surface area contributed by atoms with Crippen LogP contribution in [0.4, 0.5) is 4.39 Å². The number of nitrogens with zero attached hydrogens (tertiary/aromatic N) is 2. The first-order valence-electron chi connectivity index (χ1n) is 9.03. The zero-order chi connectivity index (χ0) is 19.2. The van der Waals surface area contributed by atoms with Gasteiger partial charge in [0, 0.05) is 26.2 Å². The van der Waals surface area contributed by atoms with Crippen molar-refractivity contribution in [3.05, 3.63) is 30.1 Å². The van der Waals surface area contributed by atoms with Gasteiger partial charge < -0.3 is 10.2 Å². The lowest BCUT2D eigenvalue weighted by molar-refractivity contribution is -0.121. The number of likely N-dealkylation sites (tertiary alicyclic amines) is 1. The van der Waals surface area contributed by atoms with Crippen molar-refractivity contribution in [2.24, 2.45) is 0 Å². The van der Waals surface area contributed by atoms with E-state index in [4.69, 9.17) is 0 Å². The summed E-state index contributed by atoms with van der Waals surface area (Å²) >= 11 is 0. The maximum absolute atomic E-state index is 12.9. The van der Waals surface area contributed by atoms with Gasteiger partial charge in [-0.1, -0.05) is 6.42 Å². The van der Waals surface area contributed by atoms with Gasteiger partial charge in [0.05, 0.1) is 11.4 Å². The van der Waals surface area contributed by atoms with Crippen molar-refractivity contribution in [3.8, 4) is 0 Å². The van der Waals surface area contributed by atoms with Crippen LogP contribution in [0.25, 0.3) is 0 Å². The fraction of sp³-hybridized carbons (Fsp3) is 0.611. The molecule has 6 nitrogen and oxygen atoms in total. The lowest BCUT2D eigenvalue weighted by Gasteiger charge is -2.33. The molecular weight excluding hydrogens is 357 g/mol. The number of carbonyl (C=O) groups excluding carboxylic acids is 1. The molecule has 0 bridgehead atoms. The van der Waals surface area contributed by atoms with E-state index in [1.54, 1.807) is 0 Å². The van der Waals surface area contributed by atoms with Gasteiger partial charge in [-0.05, 0) is 57.0 Å². The third-order valence-electron chi connectivity index (χ3n) is 4.77. The molecule has 0 saturated carbocycles. The standard InChI is InChI=1S/C18H28FN3O3S/c1-15-6-3-4-12-22(15)13-5-11-20-18(23)14-21(2)26(24,25)17-9-7-16(19)8-10-17/h7-10,15H,3-6,11-14H2,1-2H3,(H,20,23)/t15-/m1/s1. The fourth-order valence-corrected chi connectivity index (χ4v) is 4.26. The molecule has 1 N–H and O–H groups in total. The monoisotopic (exact) mass is 385 g/mol. The van der Waals surface area contributed by atoms with Crippen LogP contribution >= 0.6 is 0 Å². The minimum atomic E-state index is -3.81. The molecule has 0 aromatic heterocycles. The van der Waals surface area contributed by atoms with E-state index in [1.807, 2.05) is 0 Å². The van der Waals surface area contributed by atoms with Gasteiger partial charge in [0.15, 0.2) is 0 Å². The maximum Gasteiger partial charge on any atom is 0.243 e. The van der Waals surface area contributed by atoms with Crippen molar-refractivity contribution < 1.29 is 17.6 Å². The summed E-state index contributed by atoms with van der Waals surface area (Å²) in [5, 5.41) is 2.77. The Morgan fingerprint density at radius 3 is 2.65 bits per heavy atom. The molecule has 0 unspecified atom stereocenters. The van der Waals surface area contributed by atoms with Gasteiger partial charge in [-0.15, -0.1) is 0 Å². The van der Waals surface area contributed by atoms with Crippen LogP contribution in [0.15, 0.2) is 29.2 Å². The Bertz CT molecular complexity index is 694. The Balaban J connectivity index is 1.75. The van der Waals surface area contributed by atoms with Crippen molar-refractivity contribution >= 4 is 15.9 Å². The Morgan fingerprint density at radius 1 is 1.31 bits per heavy atom. The fourth-order valence-electron chi connectivity index (χ4n) is 3.13. The van der Waals surface area contributed by atoms with Crippen LogP contribution in [0.5, 0.6) is 0 Å². The number of carbonyl (C=O) groups is 1. The van der Waals surface area contributed by atoms with Crippen LogP contribution in [0.2, 0.25) is 0 Å². The van der Waals surface area contributed by atoms with Gasteiger partial charge in [-0.3, -0.25) is 4.79 Å². The molecular formula is C18H28FN3O3S. The minimum Gasteiger partial charge on any atom is -0.355 e. The third kappa shape index (κ3) is 5.75. The number of likely N-dealkylation sites (N-methyl/N-ethyl adjacent to an activating group) is 1. The van der Waals surface area contributed by atoms with Crippen LogP contribution in [-0.4, -0.2) is 62.8 Å². The molecule has 0 spiro atoms. The summed E-state index contributed by atoms with van der Waals surface area (Å²) in [6, 6.07) is 5.15. The normalized spacial score (nSPS) is 18.8. The van der Waals surface area contributed by atoms with Crippen LogP contribution in [0.1, 0.15) is 32.6 Å². The summed E-state index contributed by atoms with van der Waals surface area (Å²) in [6.07, 6.45) is 4.56. The van der Waals surface area contributed by atoms with Crippen molar-refractivity contribution in [1.29, 1.82) is 0 Å². The summed E-state index contributed by atoms with van der Waals surface area (Å²) in [4.78, 5) is 14.4. The average Bonchev–Trinajstić information content (AvgIpc) is 2.60. The molecule has 1 amide bonds. The predicted molar refractivity (Wildman–Crippen MR) is 98.7 cm³/mol. The highest BCUT2D eigenvalue weighted by molar-refractivity contribution is 7.89. The second-order valence-electron chi connectivity index (χ2n) is 6.80. The van der Waals surface area contributed by atoms with Crippen LogP contribution in [0, 0.1) is 5.82 Å². The Labute approximate surface area is 155 Å². The summed E-state index contributed by atoms with van der Waals surface area (Å²) in [5.41, 5.74) is 0. The number of benzene rings is 1. The third-order valence-corrected chi connectivity index (χ3v) is 6.59. The van der Waals surface area contributed by atoms with Gasteiger partial charge in [-0.25, -0.2) is 12.8 Å². The molecule has 0 aliphatic carbocycles. The molecule has 2 rings (SSSR count). The Kier molecular flexibility index (Phi) is 7.55. The number of rotatable bonds is 8. The predicted octanol–water partition coefficient (Wildman–Crippen LogP) is 1.83. The molecule has 8 heteroatoms. The highest BCUT2D eigenvalue weighted by Crippen LogP contribution is 2.16. The maximum atomic E-state index is 12.9. The van der Waals surface area contributed by atoms with Gasteiger partial charge >= 0.3 is 0 Å². The van der Waals surface area contributed by atoms with Crippen LogP contribution < -0.4 is 5.32 Å². The van der Waals surface area contributed by atoms with E-state index in [9.17, 15) is 17.6 Å². The SMILES string of the molecule is C[C@@H]1CCCCN1CCCNC(=O)CN(C)S(=O)(=O)c1ccc(F)cc1. The van der Waals surface area contributed by atoms with E-state index in [-0.39, 0.29) is 17.3 Å². The molecule has 0 radical (unpaired) electrons. The smallest absolute Gasteiger partial charge is 0.243 e. The molecule has 1 atom stereocenters. The van der Waals surface area contributed by atoms with E-state index < -0.39 is 15.8 Å². The summed E-state index contributed by atoms with van der Waals surface area (Å²) in [7, 11) is -2.47. The van der Waals surface area contributed by atoms with Gasteiger partial charge in [0.1, 0.15) is 5.82 Å². The molecule has 1 aromatic rings. The van der Waals surface area contributed by atoms with Crippen molar-refractivity contribution in [2.75, 3.05) is 33.2 Å². The second-order valence-corrected chi connectivity index (χ2v) is 8.84. The van der Waals surface area contributed by atoms with Crippen molar-refractivity contribution in [2.45, 2.75) is 43.5 Å². The zero-order valence-corrected chi connectivity index (χ0v) is 16.3. The van der Waals surface area contributed by atoms with Gasteiger partial charge in [0.2, 0.25) is 15.9 Å². The first-order valence-corrected chi connectivity index (χ1v) is 10.5. The Morgan fingerprint density at radius 2 is 2.00 bits per heavy atom. The molecule has 26 heavy (non-hydrogen) atoms. The largest absolute Gasteiger partial charge is 0.355 e. The second kappa shape index (κ2) is 9.43. The Hall–Kier alpha value is -1.51. The number of piperidine rings is 1. The van der Waals surface area contributed by atoms with Gasteiger partial charge in [-0.2, -0.15) is 4.31 Å². The zero-order valence-electron chi connectivity index (χ0n) is 15.4. The summed E-state index contributed by atoms with van der Waals surface area (Å²) in [5.74, 6) is -0.850. The number of sulfonamides is 1. The molecule has 1 heterocycles. The van der Waals surface area contributed by atoms with E-state index in [0.717, 1.165) is 35.9 Å². The first kappa shape index (κ1) is 20.8. The highest BCUT2D eigenvalue weighted by Gasteiger charge is 2.23. The molecule has 1 aliphatic rings. The summed E-state index contributed by atoms with van der Waals surface area (Å²) in [6.45, 7) is 4.53. The van der Waals surface area contributed by atoms with Crippen molar-refractivity contribution in [3.63, 3.8) is 0 Å². The van der Waals surface area contributed by atoms with Crippen LogP contribution in [-0.2, 0) is 14.8 Å². The number of hydrogen-bond acceptors (Lipinski definition) is 4. The van der Waals surface area contributed by atoms with E-state index in [2.05, 4.69) is 17.1 Å². The van der Waals surface area contributed by atoms with Gasteiger partial charge in [0.25, 0.3) is 0 Å². The molecule has 1 aliphatic heterocycles. The minimum absolute atomic E-state index is 0.0340. The van der Waals surface area contributed by atoms with E-state index >= 15 is 0 Å². The number of halogens is 1. The number of nitrogens with one attached hydrogen (secondary N) is 1. The molecule has 1 saturated heterocycles. The lowest BCUT2D eigenvalue weighted by atomic mass is 10.0. The topological polar surface area (TPSA) is 69.7 Å². The quantitative estimate of drug-likeness (QED) is 0.693. The average molecular weight is 386 g/mol. The van der Waals surface area contributed by atoms with Crippen molar-refractivity contribution in [1.82, 2.24) is 14.5 Å². The first-order chi connectivity index (χ1) is 12.3. The highest BCUT2D eigenvalue weighted by atomic mass is 32.2. The molecule has 1 aromatic carbocycles. The molecule has 1 fully saturated rings.